The first-order valence-electron chi connectivity index (χ1n) is 6.50. The third-order valence-corrected chi connectivity index (χ3v) is 4.96. The second-order valence-corrected chi connectivity index (χ2v) is 6.64. The van der Waals surface area contributed by atoms with Gasteiger partial charge < -0.3 is 5.32 Å². The lowest BCUT2D eigenvalue weighted by atomic mass is 10.00. The van der Waals surface area contributed by atoms with Crippen molar-refractivity contribution < 1.29 is 12.8 Å². The molecule has 1 heterocycles. The molecule has 19 heavy (non-hydrogen) atoms. The summed E-state index contributed by atoms with van der Waals surface area (Å²) in [5, 5.41) is 3.30. The van der Waals surface area contributed by atoms with Crippen LogP contribution in [0, 0.1) is 5.82 Å². The van der Waals surface area contributed by atoms with Gasteiger partial charge in [-0.15, -0.1) is 0 Å². The molecule has 2 rings (SSSR count). The standard InChI is InChI=1S/C13H19FN2O2S/c1-10(13-7-2-3-8-15-13)16-19(17,18)12-6-4-5-11(14)9-12/h4-6,9-10,13,15-16H,2-3,7-8H2,1H3. The minimum absolute atomic E-state index is 0.0323. The molecule has 2 unspecified atom stereocenters. The maximum absolute atomic E-state index is 13.1. The van der Waals surface area contributed by atoms with E-state index in [2.05, 4.69) is 10.0 Å². The Morgan fingerprint density at radius 2 is 2.21 bits per heavy atom. The van der Waals surface area contributed by atoms with Crippen LogP contribution in [-0.2, 0) is 10.0 Å². The fraction of sp³-hybridized carbons (Fsp3) is 0.538. The van der Waals surface area contributed by atoms with Gasteiger partial charge in [0.05, 0.1) is 4.90 Å². The number of nitrogens with one attached hydrogen (secondary N) is 2. The molecule has 1 fully saturated rings. The van der Waals surface area contributed by atoms with Gasteiger partial charge >= 0.3 is 0 Å². The number of rotatable bonds is 4. The molecule has 0 saturated carbocycles. The van der Waals surface area contributed by atoms with Crippen LogP contribution in [0.1, 0.15) is 26.2 Å². The summed E-state index contributed by atoms with van der Waals surface area (Å²) in [4.78, 5) is -0.0323. The van der Waals surface area contributed by atoms with Crippen molar-refractivity contribution in [2.24, 2.45) is 0 Å². The molecule has 2 atom stereocenters. The quantitative estimate of drug-likeness (QED) is 0.884. The Morgan fingerprint density at radius 3 is 2.84 bits per heavy atom. The molecular weight excluding hydrogens is 267 g/mol. The average molecular weight is 286 g/mol. The lowest BCUT2D eigenvalue weighted by Gasteiger charge is -2.29. The molecule has 0 spiro atoms. The highest BCUT2D eigenvalue weighted by Gasteiger charge is 2.24. The maximum atomic E-state index is 13.1. The molecule has 6 heteroatoms. The first kappa shape index (κ1) is 14.4. The number of halogens is 1. The first-order valence-corrected chi connectivity index (χ1v) is 7.98. The van der Waals surface area contributed by atoms with Crippen LogP contribution in [0.15, 0.2) is 29.2 Å². The highest BCUT2D eigenvalue weighted by Crippen LogP contribution is 2.14. The molecule has 0 aliphatic carbocycles. The third kappa shape index (κ3) is 3.75. The van der Waals surface area contributed by atoms with Crippen LogP contribution in [0.3, 0.4) is 0 Å². The summed E-state index contributed by atoms with van der Waals surface area (Å²) >= 11 is 0. The Labute approximate surface area is 113 Å². The van der Waals surface area contributed by atoms with Crippen molar-refractivity contribution >= 4 is 10.0 Å². The van der Waals surface area contributed by atoms with Crippen molar-refractivity contribution in [1.82, 2.24) is 10.0 Å². The zero-order chi connectivity index (χ0) is 13.9. The van der Waals surface area contributed by atoms with E-state index in [0.717, 1.165) is 31.9 Å². The van der Waals surface area contributed by atoms with E-state index in [1.165, 1.54) is 18.2 Å². The average Bonchev–Trinajstić information content (AvgIpc) is 2.39. The van der Waals surface area contributed by atoms with Gasteiger partial charge in [-0.1, -0.05) is 12.5 Å². The summed E-state index contributed by atoms with van der Waals surface area (Å²) in [6.45, 7) is 2.75. The summed E-state index contributed by atoms with van der Waals surface area (Å²) < 4.78 is 40.0. The van der Waals surface area contributed by atoms with Gasteiger partial charge in [0.1, 0.15) is 5.82 Å². The smallest absolute Gasteiger partial charge is 0.240 e. The molecule has 1 aliphatic heterocycles. The summed E-state index contributed by atoms with van der Waals surface area (Å²) in [5.41, 5.74) is 0. The van der Waals surface area contributed by atoms with E-state index in [0.29, 0.717) is 0 Å². The van der Waals surface area contributed by atoms with Crippen molar-refractivity contribution in [1.29, 1.82) is 0 Å². The highest BCUT2D eigenvalue weighted by atomic mass is 32.2. The molecule has 1 aromatic carbocycles. The Bertz CT molecular complexity index is 527. The van der Waals surface area contributed by atoms with Crippen molar-refractivity contribution in [3.63, 3.8) is 0 Å². The molecule has 0 amide bonds. The summed E-state index contributed by atoms with van der Waals surface area (Å²) in [5.74, 6) is -0.550. The zero-order valence-corrected chi connectivity index (χ0v) is 11.7. The minimum atomic E-state index is -3.66. The van der Waals surface area contributed by atoms with Gasteiger partial charge in [0.15, 0.2) is 0 Å². The number of hydrogen-bond donors (Lipinski definition) is 2. The molecule has 2 N–H and O–H groups in total. The van der Waals surface area contributed by atoms with Gasteiger partial charge in [-0.05, 0) is 44.5 Å². The summed E-state index contributed by atoms with van der Waals surface area (Å²) in [7, 11) is -3.66. The highest BCUT2D eigenvalue weighted by molar-refractivity contribution is 7.89. The van der Waals surface area contributed by atoms with Gasteiger partial charge in [0, 0.05) is 12.1 Å². The van der Waals surface area contributed by atoms with Gasteiger partial charge in [-0.25, -0.2) is 17.5 Å². The monoisotopic (exact) mass is 286 g/mol. The third-order valence-electron chi connectivity index (χ3n) is 3.40. The SMILES string of the molecule is CC(NS(=O)(=O)c1cccc(F)c1)C1CCCCN1. The van der Waals surface area contributed by atoms with E-state index < -0.39 is 15.8 Å². The number of hydrogen-bond acceptors (Lipinski definition) is 3. The van der Waals surface area contributed by atoms with Gasteiger partial charge in [0.25, 0.3) is 0 Å². The van der Waals surface area contributed by atoms with Crippen LogP contribution in [0.25, 0.3) is 0 Å². The number of benzene rings is 1. The largest absolute Gasteiger partial charge is 0.312 e. The molecule has 106 valence electrons. The van der Waals surface area contributed by atoms with Gasteiger partial charge in [-0.3, -0.25) is 0 Å². The van der Waals surface area contributed by atoms with E-state index in [1.807, 2.05) is 6.92 Å². The number of sulfonamides is 1. The van der Waals surface area contributed by atoms with Crippen LogP contribution in [0.4, 0.5) is 4.39 Å². The minimum Gasteiger partial charge on any atom is -0.312 e. The summed E-state index contributed by atoms with van der Waals surface area (Å²) in [6, 6.07) is 4.97. The Morgan fingerprint density at radius 1 is 1.42 bits per heavy atom. The molecule has 1 aliphatic rings. The van der Waals surface area contributed by atoms with Crippen molar-refractivity contribution in [2.75, 3.05) is 6.54 Å². The van der Waals surface area contributed by atoms with E-state index in [4.69, 9.17) is 0 Å². The maximum Gasteiger partial charge on any atom is 0.240 e. The molecule has 4 nitrogen and oxygen atoms in total. The molecule has 0 radical (unpaired) electrons. The predicted molar refractivity (Wildman–Crippen MR) is 71.8 cm³/mol. The van der Waals surface area contributed by atoms with Crippen LogP contribution < -0.4 is 10.0 Å². The Kier molecular flexibility index (Phi) is 4.54. The van der Waals surface area contributed by atoms with Crippen molar-refractivity contribution in [3.05, 3.63) is 30.1 Å². The predicted octanol–water partition coefficient (Wildman–Crippen LogP) is 1.63. The van der Waals surface area contributed by atoms with E-state index in [-0.39, 0.29) is 17.0 Å². The van der Waals surface area contributed by atoms with Crippen LogP contribution in [0.2, 0.25) is 0 Å². The van der Waals surface area contributed by atoms with Crippen LogP contribution >= 0.6 is 0 Å². The van der Waals surface area contributed by atoms with E-state index >= 15 is 0 Å². The normalized spacial score (nSPS) is 22.1. The molecule has 0 aromatic heterocycles. The van der Waals surface area contributed by atoms with E-state index in [9.17, 15) is 12.8 Å². The van der Waals surface area contributed by atoms with Crippen molar-refractivity contribution in [3.8, 4) is 0 Å². The lowest BCUT2D eigenvalue weighted by Crippen LogP contribution is -2.50. The summed E-state index contributed by atoms with van der Waals surface area (Å²) in [6.07, 6.45) is 3.18. The molecular formula is C13H19FN2O2S. The fourth-order valence-electron chi connectivity index (χ4n) is 2.33. The zero-order valence-electron chi connectivity index (χ0n) is 10.9. The van der Waals surface area contributed by atoms with Crippen LogP contribution in [0.5, 0.6) is 0 Å². The van der Waals surface area contributed by atoms with Gasteiger partial charge in [0.2, 0.25) is 10.0 Å². The van der Waals surface area contributed by atoms with Gasteiger partial charge in [-0.2, -0.15) is 0 Å². The first-order chi connectivity index (χ1) is 8.99. The fourth-order valence-corrected chi connectivity index (χ4v) is 3.65. The second-order valence-electron chi connectivity index (χ2n) is 4.92. The topological polar surface area (TPSA) is 58.2 Å². The molecule has 1 aromatic rings. The number of piperidine rings is 1. The Balaban J connectivity index is 2.08. The second kappa shape index (κ2) is 5.98. The van der Waals surface area contributed by atoms with E-state index in [1.54, 1.807) is 0 Å². The molecule has 0 bridgehead atoms. The Hall–Kier alpha value is -0.980. The lowest BCUT2D eigenvalue weighted by molar-refractivity contribution is 0.347. The van der Waals surface area contributed by atoms with Crippen LogP contribution in [-0.4, -0.2) is 27.0 Å². The van der Waals surface area contributed by atoms with Crippen molar-refractivity contribution in [2.45, 2.75) is 43.2 Å². The molecule has 1 saturated heterocycles.